The molecule has 0 aliphatic rings. The van der Waals surface area contributed by atoms with Crippen molar-refractivity contribution in [3.05, 3.63) is 29.1 Å². The van der Waals surface area contributed by atoms with Crippen LogP contribution in [-0.2, 0) is 6.42 Å². The third-order valence-electron chi connectivity index (χ3n) is 1.79. The van der Waals surface area contributed by atoms with Crippen LogP contribution < -0.4 is 5.32 Å². The molecule has 0 aromatic carbocycles. The summed E-state index contributed by atoms with van der Waals surface area (Å²) in [6.07, 6.45) is 2.66. The van der Waals surface area contributed by atoms with Crippen molar-refractivity contribution < 1.29 is 0 Å². The molecule has 0 saturated carbocycles. The third kappa shape index (κ3) is 3.10. The molecule has 0 bridgehead atoms. The second-order valence-electron chi connectivity index (χ2n) is 3.01. The minimum absolute atomic E-state index is 0.210. The number of aryl methyl sites for hydroxylation is 1. The van der Waals surface area contributed by atoms with Crippen molar-refractivity contribution in [1.29, 1.82) is 0 Å². The summed E-state index contributed by atoms with van der Waals surface area (Å²) < 4.78 is 0.808. The highest BCUT2D eigenvalue weighted by atomic mass is 79.9. The number of nitrogens with zero attached hydrogens (tertiary/aromatic N) is 2. The molecule has 0 spiro atoms. The summed E-state index contributed by atoms with van der Waals surface area (Å²) >= 11 is 3.35. The second-order valence-corrected chi connectivity index (χ2v) is 3.83. The molecule has 0 radical (unpaired) electrons. The summed E-state index contributed by atoms with van der Waals surface area (Å²) in [6, 6.07) is 2.07. The standard InChI is InChI=1S/C10H14BrN3/c1-4-7(3)12-10-6-8(11)13-9(5-2)14-10/h4,6-7H,1,5H2,2-3H3,(H,12,13,14). The minimum atomic E-state index is 0.210. The molecular weight excluding hydrogens is 242 g/mol. The number of hydrogen-bond acceptors (Lipinski definition) is 3. The molecule has 76 valence electrons. The summed E-state index contributed by atoms with van der Waals surface area (Å²) in [5.74, 6) is 1.66. The van der Waals surface area contributed by atoms with Crippen LogP contribution in [0.25, 0.3) is 0 Å². The van der Waals surface area contributed by atoms with Crippen molar-refractivity contribution >= 4 is 21.7 Å². The molecule has 0 aliphatic carbocycles. The Bertz CT molecular complexity index is 325. The molecule has 1 aromatic heterocycles. The fourth-order valence-corrected chi connectivity index (χ4v) is 1.41. The summed E-state index contributed by atoms with van der Waals surface area (Å²) in [7, 11) is 0. The van der Waals surface area contributed by atoms with Crippen molar-refractivity contribution in [1.82, 2.24) is 9.97 Å². The van der Waals surface area contributed by atoms with Crippen molar-refractivity contribution in [3.8, 4) is 0 Å². The predicted molar refractivity (Wildman–Crippen MR) is 62.4 cm³/mol. The zero-order chi connectivity index (χ0) is 10.6. The third-order valence-corrected chi connectivity index (χ3v) is 2.19. The van der Waals surface area contributed by atoms with Gasteiger partial charge in [-0.3, -0.25) is 0 Å². The van der Waals surface area contributed by atoms with Gasteiger partial charge in [0.2, 0.25) is 0 Å². The van der Waals surface area contributed by atoms with Gasteiger partial charge in [0.25, 0.3) is 0 Å². The van der Waals surface area contributed by atoms with Crippen LogP contribution in [-0.4, -0.2) is 16.0 Å². The van der Waals surface area contributed by atoms with Gasteiger partial charge in [0.1, 0.15) is 16.2 Å². The van der Waals surface area contributed by atoms with Crippen LogP contribution >= 0.6 is 15.9 Å². The van der Waals surface area contributed by atoms with E-state index in [1.54, 1.807) is 0 Å². The Labute approximate surface area is 92.8 Å². The number of anilines is 1. The normalized spacial score (nSPS) is 12.2. The van der Waals surface area contributed by atoms with Crippen LogP contribution in [0.1, 0.15) is 19.7 Å². The largest absolute Gasteiger partial charge is 0.364 e. The highest BCUT2D eigenvalue weighted by Gasteiger charge is 2.02. The minimum Gasteiger partial charge on any atom is -0.364 e. The maximum Gasteiger partial charge on any atom is 0.131 e. The fourth-order valence-electron chi connectivity index (χ4n) is 0.989. The van der Waals surface area contributed by atoms with E-state index in [1.165, 1.54) is 0 Å². The lowest BCUT2D eigenvalue weighted by Gasteiger charge is -2.10. The Balaban J connectivity index is 2.86. The molecular formula is C10H14BrN3. The topological polar surface area (TPSA) is 37.8 Å². The van der Waals surface area contributed by atoms with E-state index in [4.69, 9.17) is 0 Å². The van der Waals surface area contributed by atoms with Gasteiger partial charge in [0.05, 0.1) is 0 Å². The van der Waals surface area contributed by atoms with Crippen molar-refractivity contribution in [2.24, 2.45) is 0 Å². The predicted octanol–water partition coefficient (Wildman–Crippen LogP) is 2.79. The average molecular weight is 256 g/mol. The number of rotatable bonds is 4. The lowest BCUT2D eigenvalue weighted by atomic mass is 10.3. The van der Waals surface area contributed by atoms with Gasteiger partial charge in [-0.1, -0.05) is 13.0 Å². The molecule has 14 heavy (non-hydrogen) atoms. The molecule has 1 aromatic rings. The Morgan fingerprint density at radius 1 is 1.64 bits per heavy atom. The molecule has 1 atom stereocenters. The zero-order valence-electron chi connectivity index (χ0n) is 8.42. The van der Waals surface area contributed by atoms with E-state index < -0.39 is 0 Å². The van der Waals surface area contributed by atoms with Gasteiger partial charge in [-0.2, -0.15) is 0 Å². The SMILES string of the molecule is C=CC(C)Nc1cc(Br)nc(CC)n1. The van der Waals surface area contributed by atoms with Gasteiger partial charge in [0.15, 0.2) is 0 Å². The van der Waals surface area contributed by atoms with Crippen molar-refractivity contribution in [2.45, 2.75) is 26.3 Å². The maximum atomic E-state index is 4.34. The number of nitrogens with one attached hydrogen (secondary N) is 1. The lowest BCUT2D eigenvalue weighted by Crippen LogP contribution is -2.13. The number of aromatic nitrogens is 2. The summed E-state index contributed by atoms with van der Waals surface area (Å²) in [6.45, 7) is 7.76. The summed E-state index contributed by atoms with van der Waals surface area (Å²) in [5.41, 5.74) is 0. The Hall–Kier alpha value is -0.900. The van der Waals surface area contributed by atoms with E-state index in [9.17, 15) is 0 Å². The smallest absolute Gasteiger partial charge is 0.131 e. The van der Waals surface area contributed by atoms with Crippen molar-refractivity contribution in [3.63, 3.8) is 0 Å². The van der Waals surface area contributed by atoms with Gasteiger partial charge in [-0.25, -0.2) is 9.97 Å². The molecule has 3 nitrogen and oxygen atoms in total. The highest BCUT2D eigenvalue weighted by molar-refractivity contribution is 9.10. The first-order chi connectivity index (χ1) is 6.65. The van der Waals surface area contributed by atoms with E-state index >= 15 is 0 Å². The van der Waals surface area contributed by atoms with Gasteiger partial charge in [-0.05, 0) is 22.9 Å². The summed E-state index contributed by atoms with van der Waals surface area (Å²) in [5, 5.41) is 3.21. The molecule has 0 aliphatic heterocycles. The van der Waals surface area contributed by atoms with E-state index in [0.717, 1.165) is 22.7 Å². The highest BCUT2D eigenvalue weighted by Crippen LogP contribution is 2.13. The van der Waals surface area contributed by atoms with Gasteiger partial charge < -0.3 is 5.32 Å². The number of hydrogen-bond donors (Lipinski definition) is 1. The molecule has 0 saturated heterocycles. The molecule has 0 amide bonds. The van der Waals surface area contributed by atoms with Crippen LogP contribution in [0.2, 0.25) is 0 Å². The zero-order valence-corrected chi connectivity index (χ0v) is 10.0. The monoisotopic (exact) mass is 255 g/mol. The first-order valence-electron chi connectivity index (χ1n) is 4.58. The summed E-state index contributed by atoms with van der Waals surface area (Å²) in [4.78, 5) is 8.57. The van der Waals surface area contributed by atoms with Crippen LogP contribution in [0, 0.1) is 0 Å². The van der Waals surface area contributed by atoms with Crippen molar-refractivity contribution in [2.75, 3.05) is 5.32 Å². The molecule has 1 rings (SSSR count). The van der Waals surface area contributed by atoms with Crippen LogP contribution in [0.4, 0.5) is 5.82 Å². The average Bonchev–Trinajstić information content (AvgIpc) is 2.16. The first-order valence-corrected chi connectivity index (χ1v) is 5.37. The molecule has 1 unspecified atom stereocenters. The fraction of sp³-hybridized carbons (Fsp3) is 0.400. The Kier molecular flexibility index (Phi) is 4.07. The van der Waals surface area contributed by atoms with Gasteiger partial charge >= 0.3 is 0 Å². The van der Waals surface area contributed by atoms with Gasteiger partial charge in [0, 0.05) is 18.5 Å². The Morgan fingerprint density at radius 3 is 2.93 bits per heavy atom. The molecule has 4 heteroatoms. The van der Waals surface area contributed by atoms with Crippen LogP contribution in [0.15, 0.2) is 23.3 Å². The van der Waals surface area contributed by atoms with E-state index in [2.05, 4.69) is 37.8 Å². The second kappa shape index (κ2) is 5.10. The molecule has 1 heterocycles. The lowest BCUT2D eigenvalue weighted by molar-refractivity contribution is 0.905. The van der Waals surface area contributed by atoms with Crippen LogP contribution in [0.5, 0.6) is 0 Å². The maximum absolute atomic E-state index is 4.34. The molecule has 0 fully saturated rings. The first kappa shape index (κ1) is 11.2. The number of halogens is 1. The Morgan fingerprint density at radius 2 is 2.36 bits per heavy atom. The van der Waals surface area contributed by atoms with E-state index in [-0.39, 0.29) is 6.04 Å². The van der Waals surface area contributed by atoms with Gasteiger partial charge in [-0.15, -0.1) is 6.58 Å². The van der Waals surface area contributed by atoms with E-state index in [0.29, 0.717) is 0 Å². The quantitative estimate of drug-likeness (QED) is 0.665. The van der Waals surface area contributed by atoms with Crippen LogP contribution in [0.3, 0.4) is 0 Å². The van der Waals surface area contributed by atoms with E-state index in [1.807, 2.05) is 26.0 Å². The molecule has 1 N–H and O–H groups in total.